The Labute approximate surface area is 111 Å². The molecule has 100 valence electrons. The van der Waals surface area contributed by atoms with E-state index in [1.807, 2.05) is 0 Å². The molecule has 0 heterocycles. The summed E-state index contributed by atoms with van der Waals surface area (Å²) < 4.78 is 5.71. The predicted molar refractivity (Wildman–Crippen MR) is 75.9 cm³/mol. The van der Waals surface area contributed by atoms with E-state index in [-0.39, 0.29) is 5.41 Å². The molecule has 2 heteroatoms. The van der Waals surface area contributed by atoms with Crippen LogP contribution in [0.4, 0.5) is 0 Å². The highest BCUT2D eigenvalue weighted by atomic mass is 16.5. The molecule has 1 aromatic carbocycles. The second kappa shape index (κ2) is 5.31. The van der Waals surface area contributed by atoms with Crippen molar-refractivity contribution >= 4 is 0 Å². The first-order valence-corrected chi connectivity index (χ1v) is 6.99. The van der Waals surface area contributed by atoms with E-state index in [1.165, 1.54) is 18.4 Å². The number of ether oxygens (including phenoxy) is 1. The fraction of sp³-hybridized carbons (Fsp3) is 0.625. The van der Waals surface area contributed by atoms with Crippen molar-refractivity contribution in [2.45, 2.75) is 39.0 Å². The summed E-state index contributed by atoms with van der Waals surface area (Å²) in [6.45, 7) is 8.15. The van der Waals surface area contributed by atoms with Crippen LogP contribution in [0.15, 0.2) is 24.3 Å². The van der Waals surface area contributed by atoms with Crippen LogP contribution in [0.2, 0.25) is 0 Å². The van der Waals surface area contributed by atoms with Crippen molar-refractivity contribution in [3.05, 3.63) is 29.8 Å². The Balaban J connectivity index is 2.03. The maximum absolute atomic E-state index is 5.97. The van der Waals surface area contributed by atoms with Crippen LogP contribution in [0.5, 0.6) is 5.75 Å². The lowest BCUT2D eigenvalue weighted by atomic mass is 9.59. The molecule has 2 N–H and O–H groups in total. The molecular weight excluding hydrogens is 222 g/mol. The van der Waals surface area contributed by atoms with Gasteiger partial charge in [0, 0.05) is 12.0 Å². The number of hydrogen-bond donors (Lipinski definition) is 1. The van der Waals surface area contributed by atoms with Gasteiger partial charge in [0.05, 0.1) is 6.61 Å². The van der Waals surface area contributed by atoms with E-state index in [2.05, 4.69) is 45.0 Å². The van der Waals surface area contributed by atoms with Crippen LogP contribution in [-0.2, 0) is 5.41 Å². The van der Waals surface area contributed by atoms with E-state index in [0.29, 0.717) is 5.92 Å². The van der Waals surface area contributed by atoms with Gasteiger partial charge in [0.25, 0.3) is 0 Å². The Bertz CT molecular complexity index is 377. The summed E-state index contributed by atoms with van der Waals surface area (Å²) in [7, 11) is 0. The van der Waals surface area contributed by atoms with Gasteiger partial charge in [-0.05, 0) is 42.4 Å². The van der Waals surface area contributed by atoms with E-state index in [4.69, 9.17) is 10.5 Å². The second-order valence-corrected chi connectivity index (χ2v) is 6.23. The molecule has 18 heavy (non-hydrogen) atoms. The Morgan fingerprint density at radius 2 is 1.89 bits per heavy atom. The first kappa shape index (κ1) is 13.4. The molecular formula is C16H25NO. The molecule has 0 radical (unpaired) electrons. The standard InChI is InChI=1S/C16H25NO/c1-12(2)10-18-15-6-4-14(5-7-15)16(11-17)8-13(3)9-16/h4-7,12-13H,8-11,17H2,1-3H3. The van der Waals surface area contributed by atoms with Gasteiger partial charge in [0.1, 0.15) is 5.75 Å². The molecule has 2 rings (SSSR count). The monoisotopic (exact) mass is 247 g/mol. The topological polar surface area (TPSA) is 35.2 Å². The third kappa shape index (κ3) is 2.69. The van der Waals surface area contributed by atoms with Crippen LogP contribution in [0.25, 0.3) is 0 Å². The predicted octanol–water partition coefficient (Wildman–Crippen LogP) is 3.35. The number of hydrogen-bond acceptors (Lipinski definition) is 2. The van der Waals surface area contributed by atoms with Crippen LogP contribution in [0.3, 0.4) is 0 Å². The second-order valence-electron chi connectivity index (χ2n) is 6.23. The van der Waals surface area contributed by atoms with Gasteiger partial charge in [-0.2, -0.15) is 0 Å². The fourth-order valence-electron chi connectivity index (χ4n) is 2.96. The summed E-state index contributed by atoms with van der Waals surface area (Å²) in [4.78, 5) is 0. The van der Waals surface area contributed by atoms with E-state index in [9.17, 15) is 0 Å². The van der Waals surface area contributed by atoms with Crippen LogP contribution in [0, 0.1) is 11.8 Å². The molecule has 1 aliphatic rings. The Hall–Kier alpha value is -1.02. The zero-order chi connectivity index (χ0) is 13.2. The van der Waals surface area contributed by atoms with Gasteiger partial charge in [0.2, 0.25) is 0 Å². The van der Waals surface area contributed by atoms with E-state index >= 15 is 0 Å². The van der Waals surface area contributed by atoms with Crippen LogP contribution >= 0.6 is 0 Å². The molecule has 1 saturated carbocycles. The van der Waals surface area contributed by atoms with E-state index < -0.39 is 0 Å². The SMILES string of the molecule is CC(C)COc1ccc(C2(CN)CC(C)C2)cc1. The highest BCUT2D eigenvalue weighted by molar-refractivity contribution is 5.34. The molecule has 0 aliphatic heterocycles. The zero-order valence-corrected chi connectivity index (χ0v) is 11.8. The van der Waals surface area contributed by atoms with Crippen LogP contribution in [0.1, 0.15) is 39.2 Å². The Morgan fingerprint density at radius 3 is 2.33 bits per heavy atom. The third-order valence-electron chi connectivity index (χ3n) is 3.92. The quantitative estimate of drug-likeness (QED) is 0.866. The van der Waals surface area contributed by atoms with E-state index in [1.54, 1.807) is 0 Å². The van der Waals surface area contributed by atoms with Crippen molar-refractivity contribution < 1.29 is 4.74 Å². The van der Waals surface area contributed by atoms with Gasteiger partial charge < -0.3 is 10.5 Å². The molecule has 0 spiro atoms. The molecule has 0 amide bonds. The number of nitrogens with two attached hydrogens (primary N) is 1. The van der Waals surface area contributed by atoms with Crippen molar-refractivity contribution in [2.24, 2.45) is 17.6 Å². The van der Waals surface area contributed by atoms with E-state index in [0.717, 1.165) is 24.8 Å². The molecule has 2 nitrogen and oxygen atoms in total. The average molecular weight is 247 g/mol. The summed E-state index contributed by atoms with van der Waals surface area (Å²) in [6, 6.07) is 8.54. The minimum atomic E-state index is 0.232. The normalized spacial score (nSPS) is 27.1. The van der Waals surface area contributed by atoms with Crippen molar-refractivity contribution in [1.82, 2.24) is 0 Å². The van der Waals surface area contributed by atoms with Gasteiger partial charge in [0.15, 0.2) is 0 Å². The van der Waals surface area contributed by atoms with Gasteiger partial charge in [-0.1, -0.05) is 32.9 Å². The highest BCUT2D eigenvalue weighted by Gasteiger charge is 2.42. The van der Waals surface area contributed by atoms with Crippen molar-refractivity contribution in [3.63, 3.8) is 0 Å². The molecule has 0 atom stereocenters. The molecule has 0 aromatic heterocycles. The summed E-state index contributed by atoms with van der Waals surface area (Å²) in [5, 5.41) is 0. The van der Waals surface area contributed by atoms with Gasteiger partial charge in [-0.25, -0.2) is 0 Å². The van der Waals surface area contributed by atoms with Crippen molar-refractivity contribution in [2.75, 3.05) is 13.2 Å². The molecule has 0 unspecified atom stereocenters. The molecule has 1 aliphatic carbocycles. The van der Waals surface area contributed by atoms with Gasteiger partial charge in [-0.3, -0.25) is 0 Å². The smallest absolute Gasteiger partial charge is 0.119 e. The summed E-state index contributed by atoms with van der Waals surface area (Å²) >= 11 is 0. The first-order chi connectivity index (χ1) is 8.55. The average Bonchev–Trinajstić information content (AvgIpc) is 2.33. The third-order valence-corrected chi connectivity index (χ3v) is 3.92. The van der Waals surface area contributed by atoms with Crippen molar-refractivity contribution in [1.29, 1.82) is 0 Å². The number of benzene rings is 1. The minimum Gasteiger partial charge on any atom is -0.493 e. The summed E-state index contributed by atoms with van der Waals surface area (Å²) in [6.07, 6.45) is 2.44. The maximum Gasteiger partial charge on any atom is 0.119 e. The minimum absolute atomic E-state index is 0.232. The Morgan fingerprint density at radius 1 is 1.28 bits per heavy atom. The lowest BCUT2D eigenvalue weighted by molar-refractivity contribution is 0.164. The summed E-state index contributed by atoms with van der Waals surface area (Å²) in [5.74, 6) is 2.34. The fourth-order valence-corrected chi connectivity index (χ4v) is 2.96. The van der Waals surface area contributed by atoms with Gasteiger partial charge in [-0.15, -0.1) is 0 Å². The number of rotatable bonds is 5. The zero-order valence-electron chi connectivity index (χ0n) is 11.8. The molecule has 1 fully saturated rings. The molecule has 1 aromatic rings. The van der Waals surface area contributed by atoms with Crippen LogP contribution < -0.4 is 10.5 Å². The van der Waals surface area contributed by atoms with Crippen molar-refractivity contribution in [3.8, 4) is 5.75 Å². The van der Waals surface area contributed by atoms with Gasteiger partial charge >= 0.3 is 0 Å². The lowest BCUT2D eigenvalue weighted by Gasteiger charge is -2.46. The largest absolute Gasteiger partial charge is 0.493 e. The van der Waals surface area contributed by atoms with Crippen LogP contribution in [-0.4, -0.2) is 13.2 Å². The maximum atomic E-state index is 5.97. The summed E-state index contributed by atoms with van der Waals surface area (Å²) in [5.41, 5.74) is 7.58. The Kier molecular flexibility index (Phi) is 3.96. The molecule has 0 bridgehead atoms. The highest BCUT2D eigenvalue weighted by Crippen LogP contribution is 2.47. The lowest BCUT2D eigenvalue weighted by Crippen LogP contribution is -2.46. The first-order valence-electron chi connectivity index (χ1n) is 6.99. The molecule has 0 saturated heterocycles.